The highest BCUT2D eigenvalue weighted by Gasteiger charge is 2.21. The maximum absolute atomic E-state index is 10.8. The first-order valence-corrected chi connectivity index (χ1v) is 6.08. The lowest BCUT2D eigenvalue weighted by Gasteiger charge is -1.99. The van der Waals surface area contributed by atoms with E-state index in [1.165, 1.54) is 12.8 Å². The number of carboxylic acids is 1. The van der Waals surface area contributed by atoms with Crippen LogP contribution in [-0.4, -0.2) is 20.9 Å². The van der Waals surface area contributed by atoms with Gasteiger partial charge in [-0.2, -0.15) is 5.10 Å². The van der Waals surface area contributed by atoms with Crippen LogP contribution < -0.4 is 0 Å². The monoisotopic (exact) mass is 242 g/mol. The van der Waals surface area contributed by atoms with Crippen LogP contribution in [0.1, 0.15) is 23.2 Å². The zero-order valence-corrected chi connectivity index (χ0v) is 9.91. The van der Waals surface area contributed by atoms with Gasteiger partial charge in [-0.3, -0.25) is 4.68 Å². The lowest BCUT2D eigenvalue weighted by Crippen LogP contribution is -1.99. The molecule has 0 radical (unpaired) electrons. The Morgan fingerprint density at radius 3 is 2.61 bits per heavy atom. The Hall–Kier alpha value is -2.10. The number of nitrogens with zero attached hydrogens (tertiary/aromatic N) is 2. The molecule has 0 aliphatic heterocycles. The van der Waals surface area contributed by atoms with Gasteiger partial charge in [-0.15, -0.1) is 0 Å². The van der Waals surface area contributed by atoms with Gasteiger partial charge in [0.25, 0.3) is 0 Å². The molecular formula is C14H14N2O2. The fourth-order valence-electron chi connectivity index (χ4n) is 1.98. The largest absolute Gasteiger partial charge is 0.478 e. The van der Waals surface area contributed by atoms with Gasteiger partial charge >= 0.3 is 5.97 Å². The van der Waals surface area contributed by atoms with Gasteiger partial charge in [-0.25, -0.2) is 4.79 Å². The van der Waals surface area contributed by atoms with Crippen molar-refractivity contribution < 1.29 is 9.90 Å². The van der Waals surface area contributed by atoms with E-state index in [-0.39, 0.29) is 0 Å². The smallest absolute Gasteiger partial charge is 0.335 e. The highest BCUT2D eigenvalue weighted by atomic mass is 16.4. The minimum absolute atomic E-state index is 0.309. The van der Waals surface area contributed by atoms with E-state index < -0.39 is 5.97 Å². The van der Waals surface area contributed by atoms with Gasteiger partial charge in [-0.1, -0.05) is 12.1 Å². The lowest BCUT2D eigenvalue weighted by atomic mass is 10.1. The first kappa shape index (κ1) is 11.0. The summed E-state index contributed by atoms with van der Waals surface area (Å²) in [6, 6.07) is 6.88. The van der Waals surface area contributed by atoms with Crippen molar-refractivity contribution in [3.8, 4) is 11.1 Å². The van der Waals surface area contributed by atoms with Crippen molar-refractivity contribution in [1.29, 1.82) is 0 Å². The molecule has 1 aromatic carbocycles. The van der Waals surface area contributed by atoms with Gasteiger partial charge in [-0.05, 0) is 36.5 Å². The second-order valence-corrected chi connectivity index (χ2v) is 4.78. The van der Waals surface area contributed by atoms with Crippen LogP contribution in [0.2, 0.25) is 0 Å². The Balaban J connectivity index is 1.80. The molecule has 0 saturated heterocycles. The fourth-order valence-corrected chi connectivity index (χ4v) is 1.98. The van der Waals surface area contributed by atoms with Crippen LogP contribution in [0, 0.1) is 5.92 Å². The van der Waals surface area contributed by atoms with Crippen LogP contribution in [0.25, 0.3) is 11.1 Å². The average molecular weight is 242 g/mol. The van der Waals surface area contributed by atoms with E-state index >= 15 is 0 Å². The molecule has 0 unspecified atom stereocenters. The summed E-state index contributed by atoms with van der Waals surface area (Å²) in [5, 5.41) is 13.2. The maximum atomic E-state index is 10.8. The topological polar surface area (TPSA) is 55.1 Å². The molecule has 92 valence electrons. The normalized spacial score (nSPS) is 14.7. The summed E-state index contributed by atoms with van der Waals surface area (Å²) in [6.07, 6.45) is 6.47. The molecule has 1 saturated carbocycles. The highest BCUT2D eigenvalue weighted by molar-refractivity contribution is 5.88. The number of benzene rings is 1. The van der Waals surface area contributed by atoms with Crippen molar-refractivity contribution in [2.45, 2.75) is 19.4 Å². The second-order valence-electron chi connectivity index (χ2n) is 4.78. The number of hydrogen-bond acceptors (Lipinski definition) is 2. The summed E-state index contributed by atoms with van der Waals surface area (Å²) in [7, 11) is 0. The Bertz CT molecular complexity index is 568. The van der Waals surface area contributed by atoms with E-state index in [0.717, 1.165) is 23.6 Å². The molecule has 0 bridgehead atoms. The number of rotatable bonds is 4. The highest BCUT2D eigenvalue weighted by Crippen LogP contribution is 2.30. The zero-order chi connectivity index (χ0) is 12.5. The average Bonchev–Trinajstić information content (AvgIpc) is 3.05. The summed E-state index contributed by atoms with van der Waals surface area (Å²) in [4.78, 5) is 10.8. The number of carbonyl (C=O) groups is 1. The molecule has 0 amide bonds. The predicted molar refractivity (Wildman–Crippen MR) is 67.3 cm³/mol. The van der Waals surface area contributed by atoms with Crippen molar-refractivity contribution >= 4 is 5.97 Å². The number of aromatic nitrogens is 2. The number of carboxylic acid groups (broad SMARTS) is 1. The molecule has 3 rings (SSSR count). The first-order valence-electron chi connectivity index (χ1n) is 6.08. The standard InChI is InChI=1S/C14H14N2O2/c17-14(18)12-5-3-11(4-6-12)13-7-15-16(9-13)8-10-1-2-10/h3-7,9-10H,1-2,8H2,(H,17,18). The third kappa shape index (κ3) is 2.27. The number of hydrogen-bond donors (Lipinski definition) is 1. The fraction of sp³-hybridized carbons (Fsp3) is 0.286. The number of aromatic carboxylic acids is 1. The molecule has 1 fully saturated rings. The second kappa shape index (κ2) is 4.29. The molecule has 1 aromatic heterocycles. The molecule has 1 heterocycles. The summed E-state index contributed by atoms with van der Waals surface area (Å²) in [6.45, 7) is 0.993. The Labute approximate surface area is 105 Å². The summed E-state index contributed by atoms with van der Waals surface area (Å²) >= 11 is 0. The molecule has 0 atom stereocenters. The molecule has 4 heteroatoms. The molecule has 2 aromatic rings. The van der Waals surface area contributed by atoms with Gasteiger partial charge < -0.3 is 5.11 Å². The van der Waals surface area contributed by atoms with E-state index in [1.54, 1.807) is 12.1 Å². The molecule has 4 nitrogen and oxygen atoms in total. The molecular weight excluding hydrogens is 228 g/mol. The van der Waals surface area contributed by atoms with Crippen LogP contribution in [0.15, 0.2) is 36.7 Å². The Kier molecular flexibility index (Phi) is 2.63. The van der Waals surface area contributed by atoms with Crippen LogP contribution in [0.4, 0.5) is 0 Å². The maximum Gasteiger partial charge on any atom is 0.335 e. The zero-order valence-electron chi connectivity index (χ0n) is 9.91. The van der Waals surface area contributed by atoms with Crippen LogP contribution in [0.5, 0.6) is 0 Å². The summed E-state index contributed by atoms with van der Waals surface area (Å²) in [5.41, 5.74) is 2.35. The Morgan fingerprint density at radius 1 is 1.28 bits per heavy atom. The minimum atomic E-state index is -0.897. The van der Waals surface area contributed by atoms with Gasteiger partial charge in [0.1, 0.15) is 0 Å². The van der Waals surface area contributed by atoms with E-state index in [4.69, 9.17) is 5.11 Å². The van der Waals surface area contributed by atoms with Gasteiger partial charge in [0.2, 0.25) is 0 Å². The lowest BCUT2D eigenvalue weighted by molar-refractivity contribution is 0.0697. The SMILES string of the molecule is O=C(O)c1ccc(-c2cnn(CC3CC3)c2)cc1. The van der Waals surface area contributed by atoms with E-state index in [0.29, 0.717) is 5.56 Å². The molecule has 1 aliphatic rings. The van der Waals surface area contributed by atoms with E-state index in [2.05, 4.69) is 5.10 Å². The van der Waals surface area contributed by atoms with Crippen LogP contribution in [-0.2, 0) is 6.54 Å². The van der Waals surface area contributed by atoms with Crippen LogP contribution in [0.3, 0.4) is 0 Å². The van der Waals surface area contributed by atoms with Crippen molar-refractivity contribution in [2.24, 2.45) is 5.92 Å². The molecule has 0 spiro atoms. The summed E-state index contributed by atoms with van der Waals surface area (Å²) < 4.78 is 1.97. The molecule has 1 N–H and O–H groups in total. The van der Waals surface area contributed by atoms with E-state index in [1.807, 2.05) is 29.2 Å². The van der Waals surface area contributed by atoms with E-state index in [9.17, 15) is 4.79 Å². The summed E-state index contributed by atoms with van der Waals surface area (Å²) in [5.74, 6) is -0.0990. The molecule has 18 heavy (non-hydrogen) atoms. The van der Waals surface area contributed by atoms with Gasteiger partial charge in [0.05, 0.1) is 11.8 Å². The quantitative estimate of drug-likeness (QED) is 0.896. The molecule has 1 aliphatic carbocycles. The van der Waals surface area contributed by atoms with Gasteiger partial charge in [0.15, 0.2) is 0 Å². The van der Waals surface area contributed by atoms with Crippen LogP contribution >= 0.6 is 0 Å². The van der Waals surface area contributed by atoms with Gasteiger partial charge in [0, 0.05) is 18.3 Å². The van der Waals surface area contributed by atoms with Crippen molar-refractivity contribution in [2.75, 3.05) is 0 Å². The predicted octanol–water partition coefficient (Wildman–Crippen LogP) is 2.66. The first-order chi connectivity index (χ1) is 8.72. The Morgan fingerprint density at radius 2 is 2.00 bits per heavy atom. The minimum Gasteiger partial charge on any atom is -0.478 e. The third-order valence-corrected chi connectivity index (χ3v) is 3.24. The van der Waals surface area contributed by atoms with Crippen molar-refractivity contribution in [3.05, 3.63) is 42.2 Å². The van der Waals surface area contributed by atoms with Crippen molar-refractivity contribution in [1.82, 2.24) is 9.78 Å². The third-order valence-electron chi connectivity index (χ3n) is 3.24. The van der Waals surface area contributed by atoms with Crippen molar-refractivity contribution in [3.63, 3.8) is 0 Å².